The first-order valence-electron chi connectivity index (χ1n) is 9.39. The summed E-state index contributed by atoms with van der Waals surface area (Å²) < 4.78 is 5.05. The number of hydrogen-bond donors (Lipinski definition) is 1. The van der Waals surface area contributed by atoms with Gasteiger partial charge in [0.25, 0.3) is 0 Å². The van der Waals surface area contributed by atoms with Crippen LogP contribution in [0.1, 0.15) is 50.7 Å². The van der Waals surface area contributed by atoms with Gasteiger partial charge in [-0.25, -0.2) is 0 Å². The van der Waals surface area contributed by atoms with Gasteiger partial charge in [0.15, 0.2) is 5.82 Å². The van der Waals surface area contributed by atoms with Crippen molar-refractivity contribution in [2.24, 2.45) is 17.8 Å². The zero-order valence-electron chi connectivity index (χ0n) is 15.4. The summed E-state index contributed by atoms with van der Waals surface area (Å²) in [6.45, 7) is 8.00. The maximum Gasteiger partial charge on any atom is 0.223 e. The van der Waals surface area contributed by atoms with E-state index in [0.717, 1.165) is 51.3 Å². The number of nitrogens with zero attached hydrogens (tertiary/aromatic N) is 3. The van der Waals surface area contributed by atoms with Gasteiger partial charge in [0.2, 0.25) is 11.8 Å². The van der Waals surface area contributed by atoms with Crippen LogP contribution in [0.4, 0.5) is 0 Å². The molecule has 1 aromatic rings. The Morgan fingerprint density at radius 2 is 2.12 bits per heavy atom. The van der Waals surface area contributed by atoms with E-state index in [4.69, 9.17) is 4.52 Å². The van der Waals surface area contributed by atoms with Gasteiger partial charge in [-0.1, -0.05) is 12.1 Å². The average molecular weight is 371 g/mol. The van der Waals surface area contributed by atoms with Crippen LogP contribution in [0.15, 0.2) is 4.52 Å². The minimum Gasteiger partial charge on any atom is -0.342 e. The molecule has 0 aromatic carbocycles. The topological polar surface area (TPSA) is 71.3 Å². The van der Waals surface area contributed by atoms with Crippen molar-refractivity contribution in [1.29, 1.82) is 0 Å². The minimum atomic E-state index is 0. The Hall–Kier alpha value is -1.14. The largest absolute Gasteiger partial charge is 0.342 e. The molecule has 1 amide bonds. The van der Waals surface area contributed by atoms with Crippen molar-refractivity contribution >= 4 is 18.3 Å². The van der Waals surface area contributed by atoms with E-state index in [2.05, 4.69) is 27.3 Å². The average Bonchev–Trinajstić information content (AvgIpc) is 3.00. The summed E-state index contributed by atoms with van der Waals surface area (Å²) in [7, 11) is 0. The predicted octanol–water partition coefficient (Wildman–Crippen LogP) is 2.61. The van der Waals surface area contributed by atoms with E-state index >= 15 is 0 Å². The number of aromatic nitrogens is 2. The Balaban J connectivity index is 0.00000225. The van der Waals surface area contributed by atoms with Crippen molar-refractivity contribution in [3.05, 3.63) is 11.7 Å². The highest BCUT2D eigenvalue weighted by Gasteiger charge is 2.28. The summed E-state index contributed by atoms with van der Waals surface area (Å²) >= 11 is 0. The molecule has 0 bridgehead atoms. The molecule has 2 saturated heterocycles. The molecule has 3 rings (SSSR count). The first kappa shape index (κ1) is 20.2. The van der Waals surface area contributed by atoms with Gasteiger partial charge < -0.3 is 14.7 Å². The Labute approximate surface area is 156 Å². The van der Waals surface area contributed by atoms with Crippen LogP contribution in [-0.2, 0) is 11.2 Å². The zero-order chi connectivity index (χ0) is 16.9. The Morgan fingerprint density at radius 1 is 1.36 bits per heavy atom. The molecule has 0 radical (unpaired) electrons. The summed E-state index contributed by atoms with van der Waals surface area (Å²) in [5.41, 5.74) is 0. The van der Waals surface area contributed by atoms with Gasteiger partial charge in [-0.3, -0.25) is 4.79 Å². The van der Waals surface area contributed by atoms with Crippen molar-refractivity contribution in [3.8, 4) is 0 Å². The Morgan fingerprint density at radius 3 is 2.80 bits per heavy atom. The molecule has 7 heteroatoms. The number of nitrogens with one attached hydrogen (secondary N) is 1. The summed E-state index contributed by atoms with van der Waals surface area (Å²) in [6, 6.07) is 0. The second-order valence-corrected chi connectivity index (χ2v) is 7.55. The summed E-state index contributed by atoms with van der Waals surface area (Å²) in [6.07, 6.45) is 6.13. The molecule has 2 fully saturated rings. The van der Waals surface area contributed by atoms with E-state index in [1.54, 1.807) is 0 Å². The van der Waals surface area contributed by atoms with Crippen molar-refractivity contribution in [1.82, 2.24) is 20.4 Å². The highest BCUT2D eigenvalue weighted by molar-refractivity contribution is 5.85. The maximum absolute atomic E-state index is 12.7. The zero-order valence-corrected chi connectivity index (χ0v) is 16.2. The molecule has 1 aromatic heterocycles. The van der Waals surface area contributed by atoms with Gasteiger partial charge in [0.1, 0.15) is 0 Å². The van der Waals surface area contributed by atoms with E-state index in [1.807, 2.05) is 6.92 Å². The highest BCUT2D eigenvalue weighted by atomic mass is 35.5. The molecule has 2 aliphatic heterocycles. The number of rotatable bonds is 5. The number of piperidine rings is 2. The van der Waals surface area contributed by atoms with Crippen molar-refractivity contribution in [2.75, 3.05) is 26.2 Å². The minimum absolute atomic E-state index is 0. The number of aryl methyl sites for hydroxylation is 1. The van der Waals surface area contributed by atoms with Crippen molar-refractivity contribution in [3.63, 3.8) is 0 Å². The van der Waals surface area contributed by atoms with Crippen LogP contribution < -0.4 is 5.32 Å². The fraction of sp³-hybridized carbons (Fsp3) is 0.833. The first-order chi connectivity index (χ1) is 11.6. The third-order valence-electron chi connectivity index (χ3n) is 5.60. The number of likely N-dealkylation sites (tertiary alicyclic amines) is 1. The third kappa shape index (κ3) is 5.68. The lowest BCUT2D eigenvalue weighted by Gasteiger charge is -2.34. The van der Waals surface area contributed by atoms with Crippen LogP contribution in [0.25, 0.3) is 0 Å². The first-order valence-corrected chi connectivity index (χ1v) is 9.39. The van der Waals surface area contributed by atoms with E-state index in [1.165, 1.54) is 12.8 Å². The van der Waals surface area contributed by atoms with Gasteiger partial charge in [-0.2, -0.15) is 4.98 Å². The van der Waals surface area contributed by atoms with Crippen LogP contribution in [-0.4, -0.2) is 47.1 Å². The van der Waals surface area contributed by atoms with E-state index < -0.39 is 0 Å². The highest BCUT2D eigenvalue weighted by Crippen LogP contribution is 2.26. The number of carbonyl (C=O) groups excluding carboxylic acids is 1. The molecule has 142 valence electrons. The van der Waals surface area contributed by atoms with Gasteiger partial charge in [-0.15, -0.1) is 12.4 Å². The molecule has 2 unspecified atom stereocenters. The van der Waals surface area contributed by atoms with Crippen LogP contribution in [0, 0.1) is 24.7 Å². The maximum atomic E-state index is 12.7. The number of halogens is 1. The molecule has 0 saturated carbocycles. The lowest BCUT2D eigenvalue weighted by molar-refractivity contribution is -0.134. The Kier molecular flexibility index (Phi) is 7.69. The second kappa shape index (κ2) is 9.53. The van der Waals surface area contributed by atoms with Crippen molar-refractivity contribution < 1.29 is 9.32 Å². The van der Waals surface area contributed by atoms with Crippen LogP contribution >= 0.6 is 12.4 Å². The van der Waals surface area contributed by atoms with E-state index in [9.17, 15) is 4.79 Å². The molecule has 2 aliphatic rings. The van der Waals surface area contributed by atoms with Gasteiger partial charge >= 0.3 is 0 Å². The normalized spacial score (nSPS) is 23.1. The molecule has 1 N–H and O–H groups in total. The molecular formula is C18H31ClN4O2. The molecule has 0 aliphatic carbocycles. The lowest BCUT2D eigenvalue weighted by Crippen LogP contribution is -2.42. The number of amides is 1. The lowest BCUT2D eigenvalue weighted by atomic mass is 9.83. The molecular weight excluding hydrogens is 340 g/mol. The SMILES string of the molecule is Cc1nc(CC2CCCN(C(=O)CC(C)C3CCNCC3)C2)no1.Cl. The summed E-state index contributed by atoms with van der Waals surface area (Å²) in [5.74, 6) is 3.35. The van der Waals surface area contributed by atoms with Crippen molar-refractivity contribution in [2.45, 2.75) is 52.4 Å². The van der Waals surface area contributed by atoms with Gasteiger partial charge in [0, 0.05) is 32.9 Å². The van der Waals surface area contributed by atoms with E-state index in [0.29, 0.717) is 36.0 Å². The molecule has 25 heavy (non-hydrogen) atoms. The van der Waals surface area contributed by atoms with Crippen LogP contribution in [0.3, 0.4) is 0 Å². The second-order valence-electron chi connectivity index (χ2n) is 7.55. The van der Waals surface area contributed by atoms with Crippen LogP contribution in [0.5, 0.6) is 0 Å². The molecule has 0 spiro atoms. The number of hydrogen-bond acceptors (Lipinski definition) is 5. The van der Waals surface area contributed by atoms with Gasteiger partial charge in [-0.05, 0) is 56.5 Å². The summed E-state index contributed by atoms with van der Waals surface area (Å²) in [4.78, 5) is 19.1. The fourth-order valence-electron chi connectivity index (χ4n) is 4.13. The molecule has 2 atom stereocenters. The fourth-order valence-corrected chi connectivity index (χ4v) is 4.13. The third-order valence-corrected chi connectivity index (χ3v) is 5.60. The quantitative estimate of drug-likeness (QED) is 0.862. The molecule has 6 nitrogen and oxygen atoms in total. The number of carbonyl (C=O) groups is 1. The Bertz CT molecular complexity index is 545. The molecule has 3 heterocycles. The summed E-state index contributed by atoms with van der Waals surface area (Å²) in [5, 5.41) is 7.40. The van der Waals surface area contributed by atoms with E-state index in [-0.39, 0.29) is 12.4 Å². The standard InChI is InChI=1S/C18H30N4O2.ClH/c1-13(16-5-7-19-8-6-16)10-18(23)22-9-3-4-15(12-22)11-17-20-14(2)24-21-17;/h13,15-16,19H,3-12H2,1-2H3;1H. The van der Waals surface area contributed by atoms with Gasteiger partial charge in [0.05, 0.1) is 0 Å². The monoisotopic (exact) mass is 370 g/mol. The smallest absolute Gasteiger partial charge is 0.223 e. The van der Waals surface area contributed by atoms with Crippen LogP contribution in [0.2, 0.25) is 0 Å². The predicted molar refractivity (Wildman–Crippen MR) is 98.7 cm³/mol.